The van der Waals surface area contributed by atoms with E-state index in [1.54, 1.807) is 17.0 Å². The molecule has 0 heterocycles. The van der Waals surface area contributed by atoms with Gasteiger partial charge in [0.05, 0.1) is 10.7 Å². The van der Waals surface area contributed by atoms with Crippen LogP contribution < -0.4 is 4.90 Å². The predicted molar refractivity (Wildman–Crippen MR) is 64.4 cm³/mol. The molecule has 0 aliphatic carbocycles. The highest BCUT2D eigenvalue weighted by molar-refractivity contribution is 6.33. The van der Waals surface area contributed by atoms with Crippen LogP contribution >= 0.6 is 11.6 Å². The van der Waals surface area contributed by atoms with Crippen LogP contribution in [0.1, 0.15) is 12.5 Å². The maximum Gasteiger partial charge on any atom is 0.224 e. The van der Waals surface area contributed by atoms with Crippen LogP contribution in [0.15, 0.2) is 30.9 Å². The smallest absolute Gasteiger partial charge is 0.224 e. The number of halogens is 1. The van der Waals surface area contributed by atoms with Crippen LogP contribution in [0.2, 0.25) is 5.02 Å². The van der Waals surface area contributed by atoms with Gasteiger partial charge in [-0.15, -0.1) is 6.58 Å². The molecule has 0 aromatic heterocycles. The SMILES string of the molecule is C=CCN(C(C)=O)c1cc(C)ccc1Cl. The van der Waals surface area contributed by atoms with Gasteiger partial charge in [0.1, 0.15) is 0 Å². The Morgan fingerprint density at radius 3 is 2.80 bits per heavy atom. The first-order chi connectivity index (χ1) is 7.06. The quantitative estimate of drug-likeness (QED) is 0.721. The molecule has 0 spiro atoms. The molecule has 0 saturated heterocycles. The molecule has 3 heteroatoms. The van der Waals surface area contributed by atoms with Gasteiger partial charge in [-0.05, 0) is 24.6 Å². The molecule has 1 aromatic carbocycles. The highest BCUT2D eigenvalue weighted by Crippen LogP contribution is 2.26. The van der Waals surface area contributed by atoms with Crippen LogP contribution in [-0.2, 0) is 4.79 Å². The van der Waals surface area contributed by atoms with Gasteiger partial charge in [-0.3, -0.25) is 4.79 Å². The van der Waals surface area contributed by atoms with Gasteiger partial charge >= 0.3 is 0 Å². The van der Waals surface area contributed by atoms with Gasteiger partial charge in [-0.25, -0.2) is 0 Å². The van der Waals surface area contributed by atoms with Gasteiger partial charge in [-0.2, -0.15) is 0 Å². The fraction of sp³-hybridized carbons (Fsp3) is 0.250. The van der Waals surface area contributed by atoms with Gasteiger partial charge in [0.2, 0.25) is 5.91 Å². The minimum atomic E-state index is -0.0394. The fourth-order valence-electron chi connectivity index (χ4n) is 1.36. The number of anilines is 1. The first kappa shape index (κ1) is 11.8. The van der Waals surface area contributed by atoms with E-state index in [4.69, 9.17) is 11.6 Å². The molecule has 0 bridgehead atoms. The topological polar surface area (TPSA) is 20.3 Å². The van der Waals surface area contributed by atoms with Crippen molar-refractivity contribution in [3.05, 3.63) is 41.4 Å². The largest absolute Gasteiger partial charge is 0.307 e. The summed E-state index contributed by atoms with van der Waals surface area (Å²) in [6, 6.07) is 5.61. The number of nitrogens with zero attached hydrogens (tertiary/aromatic N) is 1. The van der Waals surface area contributed by atoms with Crippen LogP contribution in [0, 0.1) is 6.92 Å². The third-order valence-electron chi connectivity index (χ3n) is 2.08. The van der Waals surface area contributed by atoms with E-state index in [1.807, 2.05) is 19.1 Å². The lowest BCUT2D eigenvalue weighted by molar-refractivity contribution is -0.116. The van der Waals surface area contributed by atoms with E-state index < -0.39 is 0 Å². The average molecular weight is 224 g/mol. The molecule has 0 fully saturated rings. The molecule has 0 aliphatic rings. The summed E-state index contributed by atoms with van der Waals surface area (Å²) in [6.07, 6.45) is 1.68. The molecular weight excluding hydrogens is 210 g/mol. The summed E-state index contributed by atoms with van der Waals surface area (Å²) in [6.45, 7) is 7.57. The van der Waals surface area contributed by atoms with Crippen molar-refractivity contribution in [1.82, 2.24) is 0 Å². The Labute approximate surface area is 95.2 Å². The van der Waals surface area contributed by atoms with Gasteiger partial charge in [0, 0.05) is 13.5 Å². The van der Waals surface area contributed by atoms with Crippen LogP contribution in [-0.4, -0.2) is 12.5 Å². The van der Waals surface area contributed by atoms with Crippen molar-refractivity contribution < 1.29 is 4.79 Å². The van der Waals surface area contributed by atoms with Crippen molar-refractivity contribution in [2.24, 2.45) is 0 Å². The Kier molecular flexibility index (Phi) is 3.92. The summed E-state index contributed by atoms with van der Waals surface area (Å²) in [4.78, 5) is 13.0. The molecule has 15 heavy (non-hydrogen) atoms. The van der Waals surface area contributed by atoms with E-state index in [-0.39, 0.29) is 5.91 Å². The first-order valence-electron chi connectivity index (χ1n) is 4.71. The average Bonchev–Trinajstić information content (AvgIpc) is 2.18. The number of hydrogen-bond donors (Lipinski definition) is 0. The second kappa shape index (κ2) is 4.99. The Hall–Kier alpha value is -1.28. The van der Waals surface area contributed by atoms with Crippen molar-refractivity contribution >= 4 is 23.2 Å². The fourth-order valence-corrected chi connectivity index (χ4v) is 1.57. The lowest BCUT2D eigenvalue weighted by Crippen LogP contribution is -2.28. The first-order valence-corrected chi connectivity index (χ1v) is 5.09. The van der Waals surface area contributed by atoms with E-state index >= 15 is 0 Å². The van der Waals surface area contributed by atoms with E-state index in [0.29, 0.717) is 11.6 Å². The molecule has 2 nitrogen and oxygen atoms in total. The van der Waals surface area contributed by atoms with Crippen molar-refractivity contribution in [3.63, 3.8) is 0 Å². The number of carbonyl (C=O) groups excluding carboxylic acids is 1. The monoisotopic (exact) mass is 223 g/mol. The molecule has 0 aliphatic heterocycles. The number of rotatable bonds is 3. The number of aryl methyl sites for hydroxylation is 1. The zero-order valence-corrected chi connectivity index (χ0v) is 9.71. The van der Waals surface area contributed by atoms with Crippen molar-refractivity contribution in [2.75, 3.05) is 11.4 Å². The predicted octanol–water partition coefficient (Wildman–Crippen LogP) is 3.19. The zero-order valence-electron chi connectivity index (χ0n) is 8.96. The molecule has 1 aromatic rings. The van der Waals surface area contributed by atoms with E-state index in [2.05, 4.69) is 6.58 Å². The molecule has 1 rings (SSSR count). The van der Waals surface area contributed by atoms with Crippen LogP contribution in [0.25, 0.3) is 0 Å². The molecule has 0 atom stereocenters. The Morgan fingerprint density at radius 1 is 1.60 bits per heavy atom. The zero-order chi connectivity index (χ0) is 11.4. The molecule has 0 radical (unpaired) electrons. The molecular formula is C12H14ClNO. The van der Waals surface area contributed by atoms with Gasteiger partial charge in [0.25, 0.3) is 0 Å². The summed E-state index contributed by atoms with van der Waals surface area (Å²) >= 11 is 6.04. The van der Waals surface area contributed by atoms with Gasteiger partial charge in [-0.1, -0.05) is 23.7 Å². The number of hydrogen-bond acceptors (Lipinski definition) is 1. The van der Waals surface area contributed by atoms with E-state index in [1.165, 1.54) is 6.92 Å². The normalized spacial score (nSPS) is 9.80. The summed E-state index contributed by atoms with van der Waals surface area (Å²) in [5, 5.41) is 0.581. The van der Waals surface area contributed by atoms with Crippen LogP contribution in [0.4, 0.5) is 5.69 Å². The van der Waals surface area contributed by atoms with Gasteiger partial charge in [0.15, 0.2) is 0 Å². The van der Waals surface area contributed by atoms with E-state index in [9.17, 15) is 4.79 Å². The Bertz CT molecular complexity index is 387. The summed E-state index contributed by atoms with van der Waals surface area (Å²) in [5.74, 6) is -0.0394. The second-order valence-corrected chi connectivity index (χ2v) is 3.78. The molecule has 0 saturated carbocycles. The van der Waals surface area contributed by atoms with Crippen molar-refractivity contribution in [3.8, 4) is 0 Å². The second-order valence-electron chi connectivity index (χ2n) is 3.37. The third kappa shape index (κ3) is 2.83. The van der Waals surface area contributed by atoms with E-state index in [0.717, 1.165) is 11.3 Å². The molecule has 1 amide bonds. The summed E-state index contributed by atoms with van der Waals surface area (Å²) in [7, 11) is 0. The maximum atomic E-state index is 11.4. The van der Waals surface area contributed by atoms with Crippen LogP contribution in [0.5, 0.6) is 0 Å². The minimum absolute atomic E-state index is 0.0394. The maximum absolute atomic E-state index is 11.4. The number of carbonyl (C=O) groups is 1. The highest BCUT2D eigenvalue weighted by Gasteiger charge is 2.12. The minimum Gasteiger partial charge on any atom is -0.307 e. The summed E-state index contributed by atoms with van der Waals surface area (Å²) in [5.41, 5.74) is 1.81. The summed E-state index contributed by atoms with van der Waals surface area (Å²) < 4.78 is 0. The Balaban J connectivity index is 3.15. The number of amides is 1. The third-order valence-corrected chi connectivity index (χ3v) is 2.40. The molecule has 0 unspecified atom stereocenters. The number of benzene rings is 1. The van der Waals surface area contributed by atoms with Gasteiger partial charge < -0.3 is 4.90 Å². The van der Waals surface area contributed by atoms with Crippen LogP contribution in [0.3, 0.4) is 0 Å². The molecule has 0 N–H and O–H groups in total. The lowest BCUT2D eigenvalue weighted by Gasteiger charge is -2.21. The van der Waals surface area contributed by atoms with Crippen molar-refractivity contribution in [2.45, 2.75) is 13.8 Å². The highest BCUT2D eigenvalue weighted by atomic mass is 35.5. The molecule has 80 valence electrons. The van der Waals surface area contributed by atoms with Crippen molar-refractivity contribution in [1.29, 1.82) is 0 Å². The lowest BCUT2D eigenvalue weighted by atomic mass is 10.2. The standard InChI is InChI=1S/C12H14ClNO/c1-4-7-14(10(3)15)12-8-9(2)5-6-11(12)13/h4-6,8H,1,7H2,2-3H3. The Morgan fingerprint density at radius 2 is 2.27 bits per heavy atom.